The molecule has 1 fully saturated rings. The zero-order chi connectivity index (χ0) is 16.7. The van der Waals surface area contributed by atoms with E-state index in [2.05, 4.69) is 26.8 Å². The second-order valence-corrected chi connectivity index (χ2v) is 5.83. The molecule has 8 heteroatoms. The van der Waals surface area contributed by atoms with E-state index < -0.39 is 11.8 Å². The first kappa shape index (κ1) is 17.4. The lowest BCUT2D eigenvalue weighted by atomic mass is 10.2. The van der Waals surface area contributed by atoms with Gasteiger partial charge in [-0.25, -0.2) is 0 Å². The van der Waals surface area contributed by atoms with Crippen LogP contribution in [0, 0.1) is 0 Å². The van der Waals surface area contributed by atoms with E-state index in [-0.39, 0.29) is 18.7 Å². The Morgan fingerprint density at radius 1 is 1.09 bits per heavy atom. The molecule has 7 nitrogen and oxygen atoms in total. The summed E-state index contributed by atoms with van der Waals surface area (Å²) in [6.07, 6.45) is 0.128. The highest BCUT2D eigenvalue weighted by Gasteiger charge is 2.18. The number of carbonyl (C=O) groups excluding carboxylic acids is 3. The van der Waals surface area contributed by atoms with Crippen molar-refractivity contribution in [1.29, 1.82) is 0 Å². The van der Waals surface area contributed by atoms with Gasteiger partial charge in [0.15, 0.2) is 0 Å². The molecule has 0 atom stereocenters. The number of morpholine rings is 1. The van der Waals surface area contributed by atoms with Crippen LogP contribution in [0.2, 0.25) is 0 Å². The zero-order valence-electron chi connectivity index (χ0n) is 12.5. The molecule has 2 rings (SSSR count). The van der Waals surface area contributed by atoms with Gasteiger partial charge in [0.25, 0.3) is 5.91 Å². The van der Waals surface area contributed by atoms with Crippen molar-refractivity contribution in [3.05, 3.63) is 34.3 Å². The van der Waals surface area contributed by atoms with Crippen molar-refractivity contribution >= 4 is 33.7 Å². The molecule has 0 aromatic heterocycles. The molecule has 3 amide bonds. The Labute approximate surface area is 142 Å². The predicted octanol–water partition coefficient (Wildman–Crippen LogP) is 0.849. The molecule has 0 aliphatic carbocycles. The molecule has 1 aliphatic heterocycles. The number of halogens is 1. The number of ether oxygens (including phenoxy) is 1. The van der Waals surface area contributed by atoms with E-state index in [1.54, 1.807) is 29.2 Å². The highest BCUT2D eigenvalue weighted by Crippen LogP contribution is 2.15. The molecule has 2 N–H and O–H groups in total. The van der Waals surface area contributed by atoms with Crippen LogP contribution in [0.25, 0.3) is 0 Å². The van der Waals surface area contributed by atoms with Gasteiger partial charge in [0.2, 0.25) is 11.8 Å². The number of hydrazine groups is 1. The summed E-state index contributed by atoms with van der Waals surface area (Å²) in [6.45, 7) is 2.17. The van der Waals surface area contributed by atoms with Crippen LogP contribution >= 0.6 is 15.9 Å². The van der Waals surface area contributed by atoms with Crippen molar-refractivity contribution in [2.24, 2.45) is 0 Å². The lowest BCUT2D eigenvalue weighted by Crippen LogP contribution is -2.43. The highest BCUT2D eigenvalue weighted by molar-refractivity contribution is 9.10. The van der Waals surface area contributed by atoms with Gasteiger partial charge in [-0.1, -0.05) is 12.1 Å². The van der Waals surface area contributed by atoms with E-state index in [1.165, 1.54) is 0 Å². The molecule has 0 unspecified atom stereocenters. The van der Waals surface area contributed by atoms with Crippen LogP contribution in [0.4, 0.5) is 0 Å². The summed E-state index contributed by atoms with van der Waals surface area (Å²) >= 11 is 3.26. The Hall–Kier alpha value is -1.93. The molecule has 0 bridgehead atoms. The van der Waals surface area contributed by atoms with Crippen LogP contribution in [0.1, 0.15) is 23.2 Å². The number of amides is 3. The maximum atomic E-state index is 11.9. The fourth-order valence-corrected chi connectivity index (χ4v) is 2.56. The lowest BCUT2D eigenvalue weighted by molar-refractivity contribution is -0.137. The van der Waals surface area contributed by atoms with Gasteiger partial charge < -0.3 is 9.64 Å². The summed E-state index contributed by atoms with van der Waals surface area (Å²) in [5.41, 5.74) is 5.06. The smallest absolute Gasteiger partial charge is 0.270 e. The van der Waals surface area contributed by atoms with Gasteiger partial charge in [0, 0.05) is 30.4 Å². The van der Waals surface area contributed by atoms with Crippen molar-refractivity contribution in [3.63, 3.8) is 0 Å². The van der Waals surface area contributed by atoms with Gasteiger partial charge in [-0.05, 0) is 28.1 Å². The van der Waals surface area contributed by atoms with Crippen LogP contribution < -0.4 is 10.9 Å². The third-order valence-electron chi connectivity index (χ3n) is 3.36. The molecular formula is C15H18BrN3O4. The van der Waals surface area contributed by atoms with E-state index in [4.69, 9.17) is 4.74 Å². The Morgan fingerprint density at radius 3 is 2.48 bits per heavy atom. The quantitative estimate of drug-likeness (QED) is 0.754. The minimum absolute atomic E-state index is 0.0203. The van der Waals surface area contributed by atoms with Gasteiger partial charge in [-0.15, -0.1) is 0 Å². The third kappa shape index (κ3) is 5.33. The first-order chi connectivity index (χ1) is 11.1. The summed E-state index contributed by atoms with van der Waals surface area (Å²) in [5, 5.41) is 0. The Morgan fingerprint density at radius 2 is 1.78 bits per heavy atom. The number of nitrogens with one attached hydrogen (secondary N) is 2. The average molecular weight is 384 g/mol. The van der Waals surface area contributed by atoms with Crippen molar-refractivity contribution in [2.45, 2.75) is 12.8 Å². The van der Waals surface area contributed by atoms with Gasteiger partial charge in [0.1, 0.15) is 0 Å². The second kappa shape index (κ2) is 8.64. The fraction of sp³-hybridized carbons (Fsp3) is 0.400. The number of hydrogen-bond acceptors (Lipinski definition) is 4. The molecule has 0 radical (unpaired) electrons. The van der Waals surface area contributed by atoms with Crippen LogP contribution in [0.3, 0.4) is 0 Å². The molecule has 1 aliphatic rings. The summed E-state index contributed by atoms with van der Waals surface area (Å²) in [6, 6.07) is 6.88. The molecule has 1 saturated heterocycles. The first-order valence-corrected chi connectivity index (χ1v) is 8.06. The number of benzene rings is 1. The average Bonchev–Trinajstić information content (AvgIpc) is 2.58. The topological polar surface area (TPSA) is 87.7 Å². The monoisotopic (exact) mass is 383 g/mol. The molecule has 124 valence electrons. The molecule has 0 saturated carbocycles. The maximum absolute atomic E-state index is 11.9. The predicted molar refractivity (Wildman–Crippen MR) is 86.4 cm³/mol. The molecule has 1 aromatic carbocycles. The van der Waals surface area contributed by atoms with Crippen molar-refractivity contribution in [3.8, 4) is 0 Å². The molecule has 1 aromatic rings. The largest absolute Gasteiger partial charge is 0.378 e. The van der Waals surface area contributed by atoms with Gasteiger partial charge >= 0.3 is 0 Å². The standard InChI is InChI=1S/C15H18BrN3O4/c16-12-4-2-1-3-11(12)15(22)18-17-13(20)5-6-14(21)19-7-9-23-10-8-19/h1-4H,5-10H2,(H,17,20)(H,18,22). The number of rotatable bonds is 4. The highest BCUT2D eigenvalue weighted by atomic mass is 79.9. The second-order valence-electron chi connectivity index (χ2n) is 4.98. The summed E-state index contributed by atoms with van der Waals surface area (Å²) in [4.78, 5) is 37.2. The van der Waals surface area contributed by atoms with E-state index in [1.807, 2.05) is 0 Å². The number of hydrogen-bond donors (Lipinski definition) is 2. The number of nitrogens with zero attached hydrogens (tertiary/aromatic N) is 1. The molecular weight excluding hydrogens is 366 g/mol. The molecule has 1 heterocycles. The molecule has 23 heavy (non-hydrogen) atoms. The third-order valence-corrected chi connectivity index (χ3v) is 4.06. The first-order valence-electron chi connectivity index (χ1n) is 7.27. The number of carbonyl (C=O) groups is 3. The van der Waals surface area contributed by atoms with Crippen LogP contribution in [-0.2, 0) is 14.3 Å². The lowest BCUT2D eigenvalue weighted by Gasteiger charge is -2.26. The van der Waals surface area contributed by atoms with Crippen LogP contribution in [0.15, 0.2) is 28.7 Å². The van der Waals surface area contributed by atoms with E-state index in [0.29, 0.717) is 36.3 Å². The van der Waals surface area contributed by atoms with Gasteiger partial charge in [-0.3, -0.25) is 25.2 Å². The van der Waals surface area contributed by atoms with Crippen LogP contribution in [0.5, 0.6) is 0 Å². The maximum Gasteiger partial charge on any atom is 0.270 e. The summed E-state index contributed by atoms with van der Waals surface area (Å²) < 4.78 is 5.80. The Kier molecular flexibility index (Phi) is 6.54. The Bertz CT molecular complexity index is 588. The summed E-state index contributed by atoms with van der Waals surface area (Å²) in [7, 11) is 0. The van der Waals surface area contributed by atoms with Gasteiger partial charge in [0.05, 0.1) is 18.8 Å². The van der Waals surface area contributed by atoms with Crippen molar-refractivity contribution in [1.82, 2.24) is 15.8 Å². The minimum atomic E-state index is -0.426. The van der Waals surface area contributed by atoms with Gasteiger partial charge in [-0.2, -0.15) is 0 Å². The summed E-state index contributed by atoms with van der Waals surface area (Å²) in [5.74, 6) is -0.919. The van der Waals surface area contributed by atoms with E-state index >= 15 is 0 Å². The van der Waals surface area contributed by atoms with Crippen molar-refractivity contribution in [2.75, 3.05) is 26.3 Å². The van der Waals surface area contributed by atoms with Crippen molar-refractivity contribution < 1.29 is 19.1 Å². The van der Waals surface area contributed by atoms with Crippen LogP contribution in [-0.4, -0.2) is 48.9 Å². The minimum Gasteiger partial charge on any atom is -0.378 e. The van der Waals surface area contributed by atoms with E-state index in [0.717, 1.165) is 0 Å². The molecule has 0 spiro atoms. The Balaban J connectivity index is 1.71. The zero-order valence-corrected chi connectivity index (χ0v) is 14.1. The fourth-order valence-electron chi connectivity index (χ4n) is 2.09. The SMILES string of the molecule is O=C(CCC(=O)N1CCOCC1)NNC(=O)c1ccccc1Br. The van der Waals surface area contributed by atoms with E-state index in [9.17, 15) is 14.4 Å². The normalized spacial score (nSPS) is 14.2.